The molecule has 1 amide bonds. The fourth-order valence-corrected chi connectivity index (χ4v) is 2.47. The van der Waals surface area contributed by atoms with E-state index in [4.69, 9.17) is 11.6 Å². The number of benzene rings is 2. The summed E-state index contributed by atoms with van der Waals surface area (Å²) in [5, 5.41) is 3.76. The molecule has 0 bridgehead atoms. The Balaban J connectivity index is 2.29. The molecule has 0 fully saturated rings. The van der Waals surface area contributed by atoms with Crippen LogP contribution in [0.3, 0.4) is 0 Å². The van der Waals surface area contributed by atoms with Crippen molar-refractivity contribution < 1.29 is 4.79 Å². The number of halogens is 1. The zero-order chi connectivity index (χ0) is 14.4. The molecular weight excluding hydrogens is 290 g/mol. The van der Waals surface area contributed by atoms with E-state index in [2.05, 4.69) is 5.32 Å². The van der Waals surface area contributed by atoms with Crippen LogP contribution >= 0.6 is 23.4 Å². The number of carbonyl (C=O) groups excluding carboxylic acids is 1. The molecule has 0 saturated carbocycles. The van der Waals surface area contributed by atoms with Gasteiger partial charge in [-0.1, -0.05) is 54.1 Å². The highest BCUT2D eigenvalue weighted by Crippen LogP contribution is 2.23. The Hall–Kier alpha value is -1.45. The largest absolute Gasteiger partial charge is 0.344 e. The Morgan fingerprint density at radius 3 is 2.30 bits per heavy atom. The Kier molecular flexibility index (Phi) is 5.50. The molecule has 0 saturated heterocycles. The maximum absolute atomic E-state index is 11.9. The zero-order valence-electron chi connectivity index (χ0n) is 11.2. The van der Waals surface area contributed by atoms with Crippen LogP contribution in [-0.4, -0.2) is 17.9 Å². The molecule has 0 aliphatic rings. The predicted octanol–water partition coefficient (Wildman–Crippen LogP) is 3.91. The summed E-state index contributed by atoms with van der Waals surface area (Å²) in [7, 11) is 0. The number of hydrogen-bond donors (Lipinski definition) is 1. The molecule has 0 spiro atoms. The number of thioether (sulfide) groups is 1. The lowest BCUT2D eigenvalue weighted by molar-refractivity contribution is -0.119. The van der Waals surface area contributed by atoms with Crippen LogP contribution in [0.1, 0.15) is 17.2 Å². The lowest BCUT2D eigenvalue weighted by Crippen LogP contribution is -2.30. The fraction of sp³-hybridized carbons (Fsp3) is 0.188. The molecule has 1 unspecified atom stereocenters. The van der Waals surface area contributed by atoms with Gasteiger partial charge in [0.2, 0.25) is 5.91 Å². The van der Waals surface area contributed by atoms with Crippen molar-refractivity contribution in [3.05, 3.63) is 70.7 Å². The first-order valence-corrected chi connectivity index (χ1v) is 8.06. The molecule has 2 aromatic rings. The van der Waals surface area contributed by atoms with E-state index in [9.17, 15) is 4.79 Å². The zero-order valence-corrected chi connectivity index (χ0v) is 12.7. The van der Waals surface area contributed by atoms with Crippen LogP contribution in [0.15, 0.2) is 54.6 Å². The second kappa shape index (κ2) is 7.36. The molecule has 1 N–H and O–H groups in total. The van der Waals surface area contributed by atoms with Crippen molar-refractivity contribution in [1.82, 2.24) is 5.32 Å². The first-order chi connectivity index (χ1) is 9.70. The SMILES string of the molecule is CSCC(=O)NC(c1ccccc1)c1ccc(Cl)cc1. The van der Waals surface area contributed by atoms with Gasteiger partial charge in [-0.05, 0) is 29.5 Å². The third-order valence-electron chi connectivity index (χ3n) is 2.92. The van der Waals surface area contributed by atoms with E-state index in [1.165, 1.54) is 11.8 Å². The molecule has 0 aliphatic heterocycles. The van der Waals surface area contributed by atoms with Gasteiger partial charge in [0.15, 0.2) is 0 Å². The number of carbonyl (C=O) groups is 1. The number of rotatable bonds is 5. The molecule has 2 nitrogen and oxygen atoms in total. The molecular formula is C16H16ClNOS. The van der Waals surface area contributed by atoms with Gasteiger partial charge in [0.25, 0.3) is 0 Å². The van der Waals surface area contributed by atoms with Gasteiger partial charge in [0.1, 0.15) is 0 Å². The minimum absolute atomic E-state index is 0.0290. The van der Waals surface area contributed by atoms with Gasteiger partial charge in [0, 0.05) is 5.02 Å². The Morgan fingerprint density at radius 1 is 1.10 bits per heavy atom. The molecule has 104 valence electrons. The van der Waals surface area contributed by atoms with Crippen molar-refractivity contribution in [2.45, 2.75) is 6.04 Å². The summed E-state index contributed by atoms with van der Waals surface area (Å²) in [6, 6.07) is 17.4. The second-order valence-corrected chi connectivity index (χ2v) is 5.70. The van der Waals surface area contributed by atoms with Gasteiger partial charge in [-0.15, -0.1) is 0 Å². The topological polar surface area (TPSA) is 29.1 Å². The third kappa shape index (κ3) is 4.02. The van der Waals surface area contributed by atoms with E-state index in [-0.39, 0.29) is 11.9 Å². The van der Waals surface area contributed by atoms with Gasteiger partial charge in [-0.2, -0.15) is 11.8 Å². The monoisotopic (exact) mass is 305 g/mol. The number of amides is 1. The molecule has 20 heavy (non-hydrogen) atoms. The summed E-state index contributed by atoms with van der Waals surface area (Å²) in [4.78, 5) is 11.9. The maximum atomic E-state index is 11.9. The summed E-state index contributed by atoms with van der Waals surface area (Å²) < 4.78 is 0. The van der Waals surface area contributed by atoms with Gasteiger partial charge in [-0.3, -0.25) is 4.79 Å². The Labute approximate surface area is 128 Å². The molecule has 2 aromatic carbocycles. The van der Waals surface area contributed by atoms with Crippen LogP contribution in [-0.2, 0) is 4.79 Å². The smallest absolute Gasteiger partial charge is 0.230 e. The summed E-state index contributed by atoms with van der Waals surface area (Å²) >= 11 is 7.44. The highest BCUT2D eigenvalue weighted by atomic mass is 35.5. The van der Waals surface area contributed by atoms with E-state index in [1.54, 1.807) is 0 Å². The number of nitrogens with one attached hydrogen (secondary N) is 1. The molecule has 0 heterocycles. The van der Waals surface area contributed by atoms with Crippen LogP contribution in [0, 0.1) is 0 Å². The van der Waals surface area contributed by atoms with Crippen molar-refractivity contribution in [3.8, 4) is 0 Å². The van der Waals surface area contributed by atoms with E-state index in [1.807, 2.05) is 60.9 Å². The van der Waals surface area contributed by atoms with E-state index in [0.717, 1.165) is 11.1 Å². The molecule has 0 aromatic heterocycles. The minimum atomic E-state index is -0.145. The Morgan fingerprint density at radius 2 is 1.70 bits per heavy atom. The van der Waals surface area contributed by atoms with Crippen LogP contribution in [0.5, 0.6) is 0 Å². The standard InChI is InChI=1S/C16H16ClNOS/c1-20-11-15(19)18-16(12-5-3-2-4-6-12)13-7-9-14(17)10-8-13/h2-10,16H,11H2,1H3,(H,18,19). The molecule has 2 rings (SSSR count). The van der Waals surface area contributed by atoms with Crippen LogP contribution in [0.25, 0.3) is 0 Å². The normalized spacial score (nSPS) is 11.9. The van der Waals surface area contributed by atoms with E-state index in [0.29, 0.717) is 10.8 Å². The third-order valence-corrected chi connectivity index (χ3v) is 3.72. The average Bonchev–Trinajstić information content (AvgIpc) is 2.47. The molecule has 1 atom stereocenters. The van der Waals surface area contributed by atoms with Crippen molar-refractivity contribution in [2.24, 2.45) is 0 Å². The quantitative estimate of drug-likeness (QED) is 0.907. The first-order valence-electron chi connectivity index (χ1n) is 6.29. The Bertz CT molecular complexity index is 556. The van der Waals surface area contributed by atoms with Crippen molar-refractivity contribution >= 4 is 29.3 Å². The van der Waals surface area contributed by atoms with Gasteiger partial charge < -0.3 is 5.32 Å². The van der Waals surface area contributed by atoms with Gasteiger partial charge in [-0.25, -0.2) is 0 Å². The molecule has 4 heteroatoms. The molecule has 0 aliphatic carbocycles. The second-order valence-electron chi connectivity index (χ2n) is 4.40. The van der Waals surface area contributed by atoms with Gasteiger partial charge >= 0.3 is 0 Å². The summed E-state index contributed by atoms with van der Waals surface area (Å²) in [5.74, 6) is 0.484. The minimum Gasteiger partial charge on any atom is -0.344 e. The van der Waals surface area contributed by atoms with Crippen LogP contribution in [0.4, 0.5) is 0 Å². The van der Waals surface area contributed by atoms with E-state index < -0.39 is 0 Å². The number of hydrogen-bond acceptors (Lipinski definition) is 2. The van der Waals surface area contributed by atoms with Crippen molar-refractivity contribution in [3.63, 3.8) is 0 Å². The summed E-state index contributed by atoms with van der Waals surface area (Å²) in [6.07, 6.45) is 1.92. The predicted molar refractivity (Wildman–Crippen MR) is 86.3 cm³/mol. The summed E-state index contributed by atoms with van der Waals surface area (Å²) in [6.45, 7) is 0. The lowest BCUT2D eigenvalue weighted by atomic mass is 9.99. The van der Waals surface area contributed by atoms with Crippen LogP contribution < -0.4 is 5.32 Å². The first kappa shape index (κ1) is 14.9. The van der Waals surface area contributed by atoms with Crippen LogP contribution in [0.2, 0.25) is 5.02 Å². The molecule has 0 radical (unpaired) electrons. The maximum Gasteiger partial charge on any atom is 0.230 e. The average molecular weight is 306 g/mol. The highest BCUT2D eigenvalue weighted by Gasteiger charge is 2.16. The lowest BCUT2D eigenvalue weighted by Gasteiger charge is -2.19. The highest BCUT2D eigenvalue weighted by molar-refractivity contribution is 7.99. The summed E-state index contributed by atoms with van der Waals surface area (Å²) in [5.41, 5.74) is 2.08. The van der Waals surface area contributed by atoms with Crippen molar-refractivity contribution in [1.29, 1.82) is 0 Å². The van der Waals surface area contributed by atoms with Crippen molar-refractivity contribution in [2.75, 3.05) is 12.0 Å². The van der Waals surface area contributed by atoms with E-state index >= 15 is 0 Å². The van der Waals surface area contributed by atoms with Gasteiger partial charge in [0.05, 0.1) is 11.8 Å². The fourth-order valence-electron chi connectivity index (χ4n) is 1.99.